The molecule has 1 fully saturated rings. The van der Waals surface area contributed by atoms with Crippen molar-refractivity contribution in [3.8, 4) is 0 Å². The van der Waals surface area contributed by atoms with Gasteiger partial charge in [-0.25, -0.2) is 0 Å². The molecule has 0 aromatic heterocycles. The number of imide groups is 1. The molecule has 7 nitrogen and oxygen atoms in total. The molecule has 0 N–H and O–H groups in total. The Morgan fingerprint density at radius 1 is 1.08 bits per heavy atom. The number of nitrogens with zero attached hydrogens (tertiary/aromatic N) is 1. The molecule has 25 heavy (non-hydrogen) atoms. The highest BCUT2D eigenvalue weighted by Gasteiger charge is 2.67. The first kappa shape index (κ1) is 17.1. The van der Waals surface area contributed by atoms with E-state index in [1.165, 1.54) is 19.1 Å². The van der Waals surface area contributed by atoms with Crippen LogP contribution in [0.3, 0.4) is 0 Å². The van der Waals surface area contributed by atoms with Gasteiger partial charge in [0.2, 0.25) is 0 Å². The third-order valence-corrected chi connectivity index (χ3v) is 5.02. The molecule has 1 aliphatic heterocycles. The SMILES string of the molecule is COC(=O)C1(C(=O)OC)CC1CCCN1C(=O)c2ccccc2C1=O. The lowest BCUT2D eigenvalue weighted by atomic mass is 10.0. The highest BCUT2D eigenvalue weighted by Crippen LogP contribution is 2.56. The monoisotopic (exact) mass is 345 g/mol. The Hall–Kier alpha value is -2.70. The average molecular weight is 345 g/mol. The smallest absolute Gasteiger partial charge is 0.323 e. The van der Waals surface area contributed by atoms with E-state index in [2.05, 4.69) is 0 Å². The van der Waals surface area contributed by atoms with Crippen molar-refractivity contribution in [3.05, 3.63) is 35.4 Å². The summed E-state index contributed by atoms with van der Waals surface area (Å²) in [5, 5.41) is 0. The Morgan fingerprint density at radius 2 is 1.60 bits per heavy atom. The Labute approximate surface area is 144 Å². The van der Waals surface area contributed by atoms with Crippen molar-refractivity contribution in [2.24, 2.45) is 11.3 Å². The van der Waals surface area contributed by atoms with Crippen molar-refractivity contribution in [2.45, 2.75) is 19.3 Å². The first-order valence-corrected chi connectivity index (χ1v) is 8.09. The van der Waals surface area contributed by atoms with E-state index in [0.29, 0.717) is 30.4 Å². The molecule has 1 aromatic carbocycles. The Morgan fingerprint density at radius 3 is 2.08 bits per heavy atom. The zero-order chi connectivity index (χ0) is 18.2. The first-order chi connectivity index (χ1) is 12.0. The number of esters is 2. The van der Waals surface area contributed by atoms with Crippen LogP contribution in [0, 0.1) is 11.3 Å². The fourth-order valence-electron chi connectivity index (χ4n) is 3.56. The van der Waals surface area contributed by atoms with Crippen LogP contribution >= 0.6 is 0 Å². The van der Waals surface area contributed by atoms with Crippen molar-refractivity contribution < 1.29 is 28.7 Å². The number of ether oxygens (including phenoxy) is 2. The highest BCUT2D eigenvalue weighted by molar-refractivity contribution is 6.21. The molecule has 0 saturated heterocycles. The molecule has 3 rings (SSSR count). The van der Waals surface area contributed by atoms with Gasteiger partial charge in [-0.2, -0.15) is 0 Å². The van der Waals surface area contributed by atoms with Crippen molar-refractivity contribution in [3.63, 3.8) is 0 Å². The van der Waals surface area contributed by atoms with Crippen LogP contribution in [0.5, 0.6) is 0 Å². The van der Waals surface area contributed by atoms with Crippen molar-refractivity contribution in [1.29, 1.82) is 0 Å². The molecule has 2 amide bonds. The summed E-state index contributed by atoms with van der Waals surface area (Å²) in [6.45, 7) is 0.251. The summed E-state index contributed by atoms with van der Waals surface area (Å²) in [5.74, 6) is -1.98. The number of hydrogen-bond donors (Lipinski definition) is 0. The second-order valence-corrected chi connectivity index (χ2v) is 6.31. The van der Waals surface area contributed by atoms with E-state index in [4.69, 9.17) is 9.47 Å². The number of fused-ring (bicyclic) bond motifs is 1. The second-order valence-electron chi connectivity index (χ2n) is 6.31. The molecule has 132 valence electrons. The molecule has 2 aliphatic rings. The van der Waals surface area contributed by atoms with Crippen LogP contribution in [0.1, 0.15) is 40.0 Å². The Bertz CT molecular complexity index is 705. The molecule has 7 heteroatoms. The van der Waals surface area contributed by atoms with Crippen molar-refractivity contribution >= 4 is 23.8 Å². The molecule has 0 radical (unpaired) electrons. The normalized spacial score (nSPS) is 20.2. The molecular weight excluding hydrogens is 326 g/mol. The van der Waals surface area contributed by atoms with E-state index in [-0.39, 0.29) is 24.3 Å². The van der Waals surface area contributed by atoms with Crippen LogP contribution in [0.2, 0.25) is 0 Å². The molecule has 1 atom stereocenters. The minimum Gasteiger partial charge on any atom is -0.468 e. The zero-order valence-electron chi connectivity index (χ0n) is 14.1. The van der Waals surface area contributed by atoms with Gasteiger partial charge in [0.15, 0.2) is 5.41 Å². The number of rotatable bonds is 6. The summed E-state index contributed by atoms with van der Waals surface area (Å²) in [6.07, 6.45) is 1.40. The maximum Gasteiger partial charge on any atom is 0.323 e. The number of methoxy groups -OCH3 is 2. The third-order valence-electron chi connectivity index (χ3n) is 5.02. The van der Waals surface area contributed by atoms with Gasteiger partial charge in [-0.3, -0.25) is 24.1 Å². The van der Waals surface area contributed by atoms with Gasteiger partial charge in [0, 0.05) is 6.54 Å². The fourth-order valence-corrected chi connectivity index (χ4v) is 3.56. The van der Waals surface area contributed by atoms with Gasteiger partial charge in [0.25, 0.3) is 11.8 Å². The van der Waals surface area contributed by atoms with Gasteiger partial charge in [-0.15, -0.1) is 0 Å². The fraction of sp³-hybridized carbons (Fsp3) is 0.444. The number of carbonyl (C=O) groups is 4. The summed E-state index contributed by atoms with van der Waals surface area (Å²) in [4.78, 5) is 49.7. The van der Waals surface area contributed by atoms with E-state index in [1.54, 1.807) is 24.3 Å². The summed E-state index contributed by atoms with van der Waals surface area (Å²) < 4.78 is 9.46. The minimum absolute atomic E-state index is 0.192. The van der Waals surface area contributed by atoms with Crippen LogP contribution in [0.4, 0.5) is 0 Å². The van der Waals surface area contributed by atoms with E-state index in [0.717, 1.165) is 0 Å². The average Bonchev–Trinajstić information content (AvgIpc) is 3.32. The van der Waals surface area contributed by atoms with Crippen molar-refractivity contribution in [1.82, 2.24) is 4.90 Å². The van der Waals surface area contributed by atoms with Gasteiger partial charge in [0.1, 0.15) is 0 Å². The Kier molecular flexibility index (Phi) is 4.32. The minimum atomic E-state index is -1.23. The molecular formula is C18H19NO6. The number of hydrogen-bond acceptors (Lipinski definition) is 6. The van der Waals surface area contributed by atoms with E-state index in [1.807, 2.05) is 0 Å². The quantitative estimate of drug-likeness (QED) is 0.440. The summed E-state index contributed by atoms with van der Waals surface area (Å²) in [5.41, 5.74) is -0.402. The molecule has 0 bridgehead atoms. The van der Waals surface area contributed by atoms with Gasteiger partial charge in [0.05, 0.1) is 25.3 Å². The van der Waals surface area contributed by atoms with Gasteiger partial charge < -0.3 is 9.47 Å². The van der Waals surface area contributed by atoms with Crippen LogP contribution < -0.4 is 0 Å². The predicted octanol–water partition coefficient (Wildman–Crippen LogP) is 1.42. The molecule has 0 spiro atoms. The van der Waals surface area contributed by atoms with Gasteiger partial charge in [-0.1, -0.05) is 12.1 Å². The van der Waals surface area contributed by atoms with Gasteiger partial charge >= 0.3 is 11.9 Å². The van der Waals surface area contributed by atoms with E-state index >= 15 is 0 Å². The number of amides is 2. The molecule has 1 unspecified atom stereocenters. The predicted molar refractivity (Wildman–Crippen MR) is 85.6 cm³/mol. The van der Waals surface area contributed by atoms with Crippen LogP contribution in [-0.2, 0) is 19.1 Å². The Balaban J connectivity index is 1.60. The van der Waals surface area contributed by atoms with Crippen molar-refractivity contribution in [2.75, 3.05) is 20.8 Å². The lowest BCUT2D eigenvalue weighted by Crippen LogP contribution is -2.32. The highest BCUT2D eigenvalue weighted by atomic mass is 16.5. The number of benzene rings is 1. The zero-order valence-corrected chi connectivity index (χ0v) is 14.1. The maximum atomic E-state index is 12.3. The third kappa shape index (κ3) is 2.59. The van der Waals surface area contributed by atoms with E-state index < -0.39 is 17.4 Å². The lowest BCUT2D eigenvalue weighted by molar-refractivity contribution is -0.162. The molecule has 1 heterocycles. The molecule has 1 aromatic rings. The number of carbonyl (C=O) groups excluding carboxylic acids is 4. The van der Waals surface area contributed by atoms with E-state index in [9.17, 15) is 19.2 Å². The second kappa shape index (κ2) is 6.31. The van der Waals surface area contributed by atoms with Crippen LogP contribution in [0.25, 0.3) is 0 Å². The summed E-state index contributed by atoms with van der Waals surface area (Å²) in [6, 6.07) is 6.71. The maximum absolute atomic E-state index is 12.3. The van der Waals surface area contributed by atoms with Gasteiger partial charge in [-0.05, 0) is 37.3 Å². The molecule has 1 aliphatic carbocycles. The summed E-state index contributed by atoms with van der Waals surface area (Å²) in [7, 11) is 2.47. The first-order valence-electron chi connectivity index (χ1n) is 8.09. The summed E-state index contributed by atoms with van der Waals surface area (Å²) >= 11 is 0. The molecule has 1 saturated carbocycles. The van der Waals surface area contributed by atoms with Crippen LogP contribution in [-0.4, -0.2) is 49.4 Å². The largest absolute Gasteiger partial charge is 0.468 e. The standard InChI is InChI=1S/C18H19NO6/c1-24-16(22)18(17(23)25-2)10-11(18)6-5-9-19-14(20)12-7-3-4-8-13(12)15(19)21/h3-4,7-8,11H,5-6,9-10H2,1-2H3. The topological polar surface area (TPSA) is 90.0 Å². The lowest BCUT2D eigenvalue weighted by Gasteiger charge is -2.15. The van der Waals surface area contributed by atoms with Crippen LogP contribution in [0.15, 0.2) is 24.3 Å².